The Bertz CT molecular complexity index is 1760. The molecular weight excluding hydrogens is 634 g/mol. The topological polar surface area (TPSA) is 115 Å². The number of rotatable bonds is 8. The van der Waals surface area contributed by atoms with Gasteiger partial charge in [0, 0.05) is 24.4 Å². The number of hydrogen-bond acceptors (Lipinski definition) is 7. The lowest BCUT2D eigenvalue weighted by Gasteiger charge is -2.36. The molecule has 240 valence electrons. The van der Waals surface area contributed by atoms with Gasteiger partial charge in [-0.05, 0) is 89.1 Å². The molecule has 0 saturated carbocycles. The van der Waals surface area contributed by atoms with Crippen LogP contribution in [0.25, 0.3) is 22.0 Å². The summed E-state index contributed by atoms with van der Waals surface area (Å²) in [6.07, 6.45) is 2.87. The number of piperidine rings is 1. The Morgan fingerprint density at radius 3 is 2.56 bits per heavy atom. The standard InChI is InChI=1S/C33H38ClN3O6S2/c1-20-15-21(2)17-22(16-20)29-30(42-13-11-23-9-6-7-12-36(23)32(39)43-33(3,4)5)24-18-27(25(34)19-26(24)35-31(29)38)37(45(40)41)28-10-8-14-44-28/h8,10,14-19,23H,6-7,9,11-13H2,1-5H3,(H,35,38)(H,40,41)/p-1. The highest BCUT2D eigenvalue weighted by Gasteiger charge is 2.31. The average Bonchev–Trinajstić information content (AvgIpc) is 3.46. The lowest BCUT2D eigenvalue weighted by molar-refractivity contribution is 0.00745. The third kappa shape index (κ3) is 7.54. The van der Waals surface area contributed by atoms with E-state index < -0.39 is 16.9 Å². The SMILES string of the molecule is Cc1cc(C)cc(-c2c(OCCC3CCCCN3C(=O)OC(C)(C)C)c3cc(N(c4cccs4)S(=O)[O-])c(Cl)cc3[nH]c2=O)c1. The van der Waals surface area contributed by atoms with Crippen molar-refractivity contribution in [2.45, 2.75) is 71.9 Å². The number of pyridine rings is 1. The summed E-state index contributed by atoms with van der Waals surface area (Å²) in [7, 11) is 0. The summed E-state index contributed by atoms with van der Waals surface area (Å²) in [5.74, 6) is 0.319. The molecule has 2 unspecified atom stereocenters. The van der Waals surface area contributed by atoms with Crippen LogP contribution in [-0.2, 0) is 16.0 Å². The van der Waals surface area contributed by atoms with Gasteiger partial charge in [0.15, 0.2) is 0 Å². The number of hydrogen-bond donors (Lipinski definition) is 1. The van der Waals surface area contributed by atoms with Gasteiger partial charge in [0.1, 0.15) is 16.4 Å². The number of nitrogens with one attached hydrogen (secondary N) is 1. The van der Waals surface area contributed by atoms with Crippen molar-refractivity contribution in [3.05, 3.63) is 74.3 Å². The molecule has 1 N–H and O–H groups in total. The van der Waals surface area contributed by atoms with E-state index in [1.807, 2.05) is 52.8 Å². The van der Waals surface area contributed by atoms with Gasteiger partial charge in [0.05, 0.1) is 39.7 Å². The highest BCUT2D eigenvalue weighted by Crippen LogP contribution is 2.42. The highest BCUT2D eigenvalue weighted by molar-refractivity contribution is 7.81. The highest BCUT2D eigenvalue weighted by atomic mass is 35.5. The predicted molar refractivity (Wildman–Crippen MR) is 181 cm³/mol. The van der Waals surface area contributed by atoms with Crippen molar-refractivity contribution < 1.29 is 23.0 Å². The molecule has 0 radical (unpaired) electrons. The zero-order valence-electron chi connectivity index (χ0n) is 26.0. The first-order valence-electron chi connectivity index (χ1n) is 14.9. The Labute approximate surface area is 274 Å². The number of carbonyl (C=O) groups is 1. The van der Waals surface area contributed by atoms with Crippen LogP contribution in [0.5, 0.6) is 5.75 Å². The smallest absolute Gasteiger partial charge is 0.410 e. The van der Waals surface area contributed by atoms with Crippen molar-refractivity contribution in [3.63, 3.8) is 0 Å². The molecule has 2 atom stereocenters. The second-order valence-electron chi connectivity index (χ2n) is 12.3. The lowest BCUT2D eigenvalue weighted by atomic mass is 9.98. The predicted octanol–water partition coefficient (Wildman–Crippen LogP) is 8.02. The molecule has 12 heteroatoms. The molecule has 9 nitrogen and oxygen atoms in total. The quantitative estimate of drug-likeness (QED) is 0.190. The average molecular weight is 671 g/mol. The number of aromatic amines is 1. The maximum absolute atomic E-state index is 13.7. The number of amides is 1. The molecule has 3 heterocycles. The molecule has 0 bridgehead atoms. The fraction of sp³-hybridized carbons (Fsp3) is 0.394. The zero-order valence-corrected chi connectivity index (χ0v) is 28.4. The minimum atomic E-state index is -2.67. The molecule has 1 saturated heterocycles. The molecule has 1 amide bonds. The van der Waals surface area contributed by atoms with Crippen molar-refractivity contribution in [2.24, 2.45) is 0 Å². The van der Waals surface area contributed by atoms with Crippen LogP contribution in [0.4, 0.5) is 15.5 Å². The second kappa shape index (κ2) is 13.5. The summed E-state index contributed by atoms with van der Waals surface area (Å²) >= 11 is 5.22. The van der Waals surface area contributed by atoms with Gasteiger partial charge in [-0.25, -0.2) is 4.79 Å². The number of likely N-dealkylation sites (tertiary alicyclic amines) is 1. The zero-order chi connectivity index (χ0) is 32.5. The lowest BCUT2D eigenvalue weighted by Crippen LogP contribution is -2.46. The summed E-state index contributed by atoms with van der Waals surface area (Å²) < 4.78 is 38.2. The Morgan fingerprint density at radius 2 is 1.91 bits per heavy atom. The molecule has 1 aliphatic heterocycles. The van der Waals surface area contributed by atoms with Crippen molar-refractivity contribution in [3.8, 4) is 16.9 Å². The Morgan fingerprint density at radius 1 is 1.18 bits per heavy atom. The summed E-state index contributed by atoms with van der Waals surface area (Å²) in [5.41, 5.74) is 2.64. The van der Waals surface area contributed by atoms with E-state index in [4.69, 9.17) is 21.1 Å². The summed E-state index contributed by atoms with van der Waals surface area (Å²) in [4.78, 5) is 31.4. The van der Waals surface area contributed by atoms with E-state index in [0.717, 1.165) is 34.7 Å². The first-order valence-corrected chi connectivity index (χ1v) is 17.1. The van der Waals surface area contributed by atoms with Crippen LogP contribution >= 0.6 is 22.9 Å². The van der Waals surface area contributed by atoms with Crippen LogP contribution < -0.4 is 14.6 Å². The van der Waals surface area contributed by atoms with Crippen LogP contribution in [0.3, 0.4) is 0 Å². The fourth-order valence-corrected chi connectivity index (χ4v) is 7.56. The molecule has 1 aliphatic rings. The number of nitrogens with zero attached hydrogens (tertiary/aromatic N) is 2. The van der Waals surface area contributed by atoms with Gasteiger partial charge in [-0.2, -0.15) is 0 Å². The molecular formula is C33H37ClN3O6S2-. The summed E-state index contributed by atoms with van der Waals surface area (Å²) in [5, 5.41) is 2.89. The molecule has 2 aromatic carbocycles. The van der Waals surface area contributed by atoms with Gasteiger partial charge in [-0.3, -0.25) is 13.3 Å². The van der Waals surface area contributed by atoms with Crippen molar-refractivity contribution in [2.75, 3.05) is 17.5 Å². The number of aryl methyl sites for hydroxylation is 2. The van der Waals surface area contributed by atoms with E-state index in [9.17, 15) is 18.4 Å². The van der Waals surface area contributed by atoms with Crippen LogP contribution in [0.1, 0.15) is 57.6 Å². The maximum Gasteiger partial charge on any atom is 0.410 e. The summed E-state index contributed by atoms with van der Waals surface area (Å²) in [6.45, 7) is 10.3. The van der Waals surface area contributed by atoms with Gasteiger partial charge in [0.25, 0.3) is 5.56 Å². The number of aromatic nitrogens is 1. The molecule has 0 aliphatic carbocycles. The van der Waals surface area contributed by atoms with Gasteiger partial charge >= 0.3 is 6.09 Å². The van der Waals surface area contributed by atoms with Crippen molar-refractivity contribution in [1.82, 2.24) is 9.88 Å². The Hall–Kier alpha value is -3.38. The largest absolute Gasteiger partial charge is 0.755 e. The molecule has 2 aromatic heterocycles. The van der Waals surface area contributed by atoms with E-state index in [1.165, 1.54) is 11.3 Å². The number of benzene rings is 2. The molecule has 0 spiro atoms. The normalized spacial score (nSPS) is 16.1. The Kier molecular flexibility index (Phi) is 9.93. The van der Waals surface area contributed by atoms with Crippen LogP contribution in [-0.4, -0.2) is 49.5 Å². The minimum Gasteiger partial charge on any atom is -0.755 e. The van der Waals surface area contributed by atoms with Crippen LogP contribution in [0.15, 0.2) is 52.6 Å². The van der Waals surface area contributed by atoms with Crippen molar-refractivity contribution >= 4 is 61.9 Å². The maximum atomic E-state index is 13.7. The van der Waals surface area contributed by atoms with Gasteiger partial charge < -0.3 is 23.9 Å². The number of thiophene rings is 1. The van der Waals surface area contributed by atoms with E-state index in [1.54, 1.807) is 34.5 Å². The number of fused-ring (bicyclic) bond motifs is 1. The second-order valence-corrected chi connectivity index (χ2v) is 14.4. The number of carbonyl (C=O) groups excluding carboxylic acids is 1. The van der Waals surface area contributed by atoms with Crippen molar-refractivity contribution in [1.29, 1.82) is 0 Å². The molecule has 4 aromatic rings. The Balaban J connectivity index is 1.59. The summed E-state index contributed by atoms with van der Waals surface area (Å²) in [6, 6.07) is 12.4. The number of ether oxygens (including phenoxy) is 2. The minimum absolute atomic E-state index is 0.0891. The van der Waals surface area contributed by atoms with Gasteiger partial charge in [0.2, 0.25) is 0 Å². The monoisotopic (exact) mass is 670 g/mol. The number of halogens is 1. The third-order valence-corrected chi connectivity index (χ3v) is 9.53. The van der Waals surface area contributed by atoms with E-state index in [0.29, 0.717) is 45.7 Å². The van der Waals surface area contributed by atoms with Crippen LogP contribution in [0.2, 0.25) is 5.02 Å². The number of H-pyrrole nitrogens is 1. The van der Waals surface area contributed by atoms with E-state index in [2.05, 4.69) is 4.98 Å². The van der Waals surface area contributed by atoms with Crippen LogP contribution in [0, 0.1) is 13.8 Å². The molecule has 45 heavy (non-hydrogen) atoms. The van der Waals surface area contributed by atoms with Gasteiger partial charge in [-0.15, -0.1) is 11.3 Å². The first-order chi connectivity index (χ1) is 21.3. The fourth-order valence-electron chi connectivity index (χ4n) is 5.78. The van der Waals surface area contributed by atoms with E-state index in [-0.39, 0.29) is 35.0 Å². The molecule has 1 fully saturated rings. The van der Waals surface area contributed by atoms with E-state index >= 15 is 0 Å². The molecule has 5 rings (SSSR count). The first kappa shape index (κ1) is 33.0. The van der Waals surface area contributed by atoms with Gasteiger partial charge in [-0.1, -0.05) is 40.9 Å². The number of anilines is 2. The third-order valence-electron chi connectivity index (χ3n) is 7.57.